The highest BCUT2D eigenvalue weighted by molar-refractivity contribution is 6.30. The molecule has 0 radical (unpaired) electrons. The molecule has 0 aliphatic carbocycles. The van der Waals surface area contributed by atoms with Crippen molar-refractivity contribution < 1.29 is 4.74 Å². The number of aromatic nitrogens is 2. The van der Waals surface area contributed by atoms with Crippen LogP contribution in [0.5, 0.6) is 5.75 Å². The van der Waals surface area contributed by atoms with Gasteiger partial charge in [0.15, 0.2) is 0 Å². The lowest BCUT2D eigenvalue weighted by molar-refractivity contribution is 0.388. The first-order valence-electron chi connectivity index (χ1n) is 9.06. The summed E-state index contributed by atoms with van der Waals surface area (Å²) >= 11 is 5.99. The zero-order valence-corrected chi connectivity index (χ0v) is 15.9. The topological polar surface area (TPSA) is 27.1 Å². The van der Waals surface area contributed by atoms with Crippen LogP contribution in [0, 0.1) is 5.92 Å². The summed E-state index contributed by atoms with van der Waals surface area (Å²) in [5.41, 5.74) is 2.70. The predicted octanol–water partition coefficient (Wildman–Crippen LogP) is 5.43. The summed E-state index contributed by atoms with van der Waals surface area (Å²) in [4.78, 5) is 4.18. The molecule has 0 aliphatic rings. The van der Waals surface area contributed by atoms with E-state index < -0.39 is 0 Å². The fourth-order valence-corrected chi connectivity index (χ4v) is 3.33. The van der Waals surface area contributed by atoms with Crippen LogP contribution in [-0.4, -0.2) is 16.7 Å². The van der Waals surface area contributed by atoms with Crippen molar-refractivity contribution in [2.75, 3.05) is 7.11 Å². The van der Waals surface area contributed by atoms with Gasteiger partial charge in [-0.15, -0.1) is 0 Å². The molecule has 2 aromatic carbocycles. The molecule has 1 aromatic heterocycles. The fraction of sp³-hybridized carbons (Fsp3) is 0.318. The first-order valence-corrected chi connectivity index (χ1v) is 9.44. The van der Waals surface area contributed by atoms with Gasteiger partial charge < -0.3 is 9.30 Å². The summed E-state index contributed by atoms with van der Waals surface area (Å²) in [5, 5.41) is 0.795. The molecule has 4 heteroatoms. The lowest BCUT2D eigenvalue weighted by Crippen LogP contribution is -2.12. The second-order valence-electron chi connectivity index (χ2n) is 6.68. The minimum absolute atomic E-state index is 0.599. The standard InChI is InChI=1S/C22H25ClN2O/c1-26-22-12-8-19(9-13-22)3-5-20(16-25-15-14-24-17-25)4-2-18-6-10-21(23)11-7-18/h6-15,17,20H,2-5,16H2,1H3. The van der Waals surface area contributed by atoms with Gasteiger partial charge in [0.05, 0.1) is 13.4 Å². The number of aryl methyl sites for hydroxylation is 2. The number of methoxy groups -OCH3 is 1. The van der Waals surface area contributed by atoms with E-state index in [-0.39, 0.29) is 0 Å². The van der Waals surface area contributed by atoms with E-state index >= 15 is 0 Å². The van der Waals surface area contributed by atoms with Crippen molar-refractivity contribution in [3.05, 3.63) is 83.4 Å². The molecule has 136 valence electrons. The monoisotopic (exact) mass is 368 g/mol. The van der Waals surface area contributed by atoms with E-state index in [1.807, 2.05) is 43.0 Å². The summed E-state index contributed by atoms with van der Waals surface area (Å²) < 4.78 is 7.42. The number of hydrogen-bond donors (Lipinski definition) is 0. The molecule has 3 nitrogen and oxygen atoms in total. The third kappa shape index (κ3) is 5.63. The number of benzene rings is 2. The maximum Gasteiger partial charge on any atom is 0.118 e. The quantitative estimate of drug-likeness (QED) is 0.503. The van der Waals surface area contributed by atoms with Crippen LogP contribution in [-0.2, 0) is 19.4 Å². The van der Waals surface area contributed by atoms with Crippen molar-refractivity contribution in [3.63, 3.8) is 0 Å². The average Bonchev–Trinajstić information content (AvgIpc) is 3.19. The Bertz CT molecular complexity index is 767. The molecule has 0 amide bonds. The van der Waals surface area contributed by atoms with Gasteiger partial charge in [-0.1, -0.05) is 35.9 Å². The summed E-state index contributed by atoms with van der Waals surface area (Å²) in [6.07, 6.45) is 10.2. The van der Waals surface area contributed by atoms with Crippen molar-refractivity contribution in [1.82, 2.24) is 9.55 Å². The molecule has 0 saturated carbocycles. The number of rotatable bonds is 9. The molecule has 0 bridgehead atoms. The molecule has 1 atom stereocenters. The zero-order chi connectivity index (χ0) is 18.2. The smallest absolute Gasteiger partial charge is 0.118 e. The Morgan fingerprint density at radius 3 is 2.12 bits per heavy atom. The first-order chi connectivity index (χ1) is 12.7. The number of nitrogens with zero attached hydrogens (tertiary/aromatic N) is 2. The molecule has 3 aromatic rings. The van der Waals surface area contributed by atoms with Crippen molar-refractivity contribution in [3.8, 4) is 5.75 Å². The number of imidazole rings is 1. The lowest BCUT2D eigenvalue weighted by atomic mass is 9.93. The van der Waals surface area contributed by atoms with Gasteiger partial charge in [-0.3, -0.25) is 0 Å². The first kappa shape index (κ1) is 18.5. The van der Waals surface area contributed by atoms with Crippen molar-refractivity contribution >= 4 is 11.6 Å². The minimum atomic E-state index is 0.599. The van der Waals surface area contributed by atoms with Crippen molar-refractivity contribution in [2.24, 2.45) is 5.92 Å². The summed E-state index contributed by atoms with van der Waals surface area (Å²) in [6, 6.07) is 16.6. The van der Waals surface area contributed by atoms with E-state index in [2.05, 4.69) is 33.8 Å². The molecule has 0 aliphatic heterocycles. The molecule has 0 saturated heterocycles. The van der Waals surface area contributed by atoms with Crippen molar-refractivity contribution in [1.29, 1.82) is 0 Å². The number of halogens is 1. The SMILES string of the molecule is COc1ccc(CCC(CCc2ccc(Cl)cc2)Cn2ccnc2)cc1. The fourth-order valence-electron chi connectivity index (χ4n) is 3.20. The van der Waals surface area contributed by atoms with E-state index in [9.17, 15) is 0 Å². The summed E-state index contributed by atoms with van der Waals surface area (Å²) in [6.45, 7) is 1.00. The highest BCUT2D eigenvalue weighted by Gasteiger charge is 2.11. The number of hydrogen-bond acceptors (Lipinski definition) is 2. The van der Waals surface area contributed by atoms with E-state index in [1.54, 1.807) is 7.11 Å². The van der Waals surface area contributed by atoms with E-state index in [4.69, 9.17) is 16.3 Å². The normalized spacial score (nSPS) is 12.1. The van der Waals surface area contributed by atoms with Crippen LogP contribution in [0.2, 0.25) is 5.02 Å². The second-order valence-corrected chi connectivity index (χ2v) is 7.11. The highest BCUT2D eigenvalue weighted by Crippen LogP contribution is 2.21. The van der Waals surface area contributed by atoms with E-state index in [1.165, 1.54) is 11.1 Å². The molecule has 26 heavy (non-hydrogen) atoms. The van der Waals surface area contributed by atoms with Crippen LogP contribution in [0.15, 0.2) is 67.3 Å². The van der Waals surface area contributed by atoms with Crippen LogP contribution < -0.4 is 4.74 Å². The molecule has 3 rings (SSSR count). The van der Waals surface area contributed by atoms with E-state index in [0.717, 1.165) is 43.0 Å². The van der Waals surface area contributed by atoms with Gasteiger partial charge in [-0.25, -0.2) is 4.98 Å². The largest absolute Gasteiger partial charge is 0.497 e. The average molecular weight is 369 g/mol. The Labute approximate surface area is 160 Å². The van der Waals surface area contributed by atoms with Crippen LogP contribution in [0.1, 0.15) is 24.0 Å². The number of ether oxygens (including phenoxy) is 1. The van der Waals surface area contributed by atoms with Gasteiger partial charge in [-0.2, -0.15) is 0 Å². The third-order valence-corrected chi connectivity index (χ3v) is 5.04. The molecular weight excluding hydrogens is 344 g/mol. The van der Waals surface area contributed by atoms with Crippen LogP contribution in [0.3, 0.4) is 0 Å². The molecule has 0 spiro atoms. The predicted molar refractivity (Wildman–Crippen MR) is 107 cm³/mol. The molecule has 0 N–H and O–H groups in total. The maximum absolute atomic E-state index is 5.99. The summed E-state index contributed by atoms with van der Waals surface area (Å²) in [5.74, 6) is 1.51. The molecule has 0 fully saturated rings. The van der Waals surface area contributed by atoms with Gasteiger partial charge in [-0.05, 0) is 67.0 Å². The third-order valence-electron chi connectivity index (χ3n) is 4.78. The molecule has 1 heterocycles. The van der Waals surface area contributed by atoms with Crippen LogP contribution in [0.4, 0.5) is 0 Å². The van der Waals surface area contributed by atoms with E-state index in [0.29, 0.717) is 5.92 Å². The van der Waals surface area contributed by atoms with Crippen molar-refractivity contribution in [2.45, 2.75) is 32.2 Å². The van der Waals surface area contributed by atoms with Gasteiger partial charge in [0.25, 0.3) is 0 Å². The van der Waals surface area contributed by atoms with Gasteiger partial charge in [0.1, 0.15) is 5.75 Å². The molecular formula is C22H25ClN2O. The zero-order valence-electron chi connectivity index (χ0n) is 15.1. The Morgan fingerprint density at radius 1 is 0.962 bits per heavy atom. The van der Waals surface area contributed by atoms with Crippen LogP contribution in [0.25, 0.3) is 0 Å². The van der Waals surface area contributed by atoms with Crippen LogP contribution >= 0.6 is 11.6 Å². The Balaban J connectivity index is 1.59. The maximum atomic E-state index is 5.99. The molecule has 1 unspecified atom stereocenters. The van der Waals surface area contributed by atoms with Gasteiger partial charge >= 0.3 is 0 Å². The Morgan fingerprint density at radius 2 is 1.58 bits per heavy atom. The summed E-state index contributed by atoms with van der Waals surface area (Å²) in [7, 11) is 1.70. The highest BCUT2D eigenvalue weighted by atomic mass is 35.5. The van der Waals surface area contributed by atoms with Gasteiger partial charge in [0, 0.05) is 24.0 Å². The minimum Gasteiger partial charge on any atom is -0.497 e. The Kier molecular flexibility index (Phi) is 6.73. The van der Waals surface area contributed by atoms with Gasteiger partial charge in [0.2, 0.25) is 0 Å². The lowest BCUT2D eigenvalue weighted by Gasteiger charge is -2.18. The Hall–Kier alpha value is -2.26. The second kappa shape index (κ2) is 9.44.